The monoisotopic (exact) mass is 255 g/mol. The molecule has 0 atom stereocenters. The van der Waals surface area contributed by atoms with Crippen LogP contribution in [0.15, 0.2) is 18.2 Å². The van der Waals surface area contributed by atoms with Crippen molar-refractivity contribution in [3.05, 3.63) is 24.0 Å². The highest BCUT2D eigenvalue weighted by molar-refractivity contribution is 5.91. The Morgan fingerprint density at radius 3 is 2.83 bits per heavy atom. The lowest BCUT2D eigenvalue weighted by Crippen LogP contribution is -2.26. The number of aliphatic hydroxyl groups excluding tert-OH is 1. The van der Waals surface area contributed by atoms with Crippen LogP contribution in [-0.2, 0) is 4.79 Å². The van der Waals surface area contributed by atoms with Gasteiger partial charge in [-0.2, -0.15) is 0 Å². The maximum absolute atomic E-state index is 12.9. The van der Waals surface area contributed by atoms with Crippen molar-refractivity contribution < 1.29 is 14.3 Å². The number of nitrogens with zero attached hydrogens (tertiary/aromatic N) is 1. The number of halogens is 1. The summed E-state index contributed by atoms with van der Waals surface area (Å²) >= 11 is 0. The van der Waals surface area contributed by atoms with Crippen molar-refractivity contribution in [3.8, 4) is 0 Å². The molecule has 1 aromatic rings. The van der Waals surface area contributed by atoms with Crippen molar-refractivity contribution in [2.75, 3.05) is 37.8 Å². The minimum absolute atomic E-state index is 0.00481. The van der Waals surface area contributed by atoms with Gasteiger partial charge in [-0.1, -0.05) is 0 Å². The molecule has 0 bridgehead atoms. The van der Waals surface area contributed by atoms with E-state index in [-0.39, 0.29) is 18.2 Å². The molecule has 5 nitrogen and oxygen atoms in total. The second kappa shape index (κ2) is 6.93. The van der Waals surface area contributed by atoms with Gasteiger partial charge in [0.25, 0.3) is 0 Å². The Balaban J connectivity index is 2.42. The number of nitrogens with one attached hydrogen (secondary N) is 1. The first-order valence-electron chi connectivity index (χ1n) is 5.67. The Labute approximate surface area is 105 Å². The summed E-state index contributed by atoms with van der Waals surface area (Å²) in [4.78, 5) is 13.4. The van der Waals surface area contributed by atoms with Crippen molar-refractivity contribution >= 4 is 17.3 Å². The maximum atomic E-state index is 12.9. The third-order valence-corrected chi connectivity index (χ3v) is 2.48. The summed E-state index contributed by atoms with van der Waals surface area (Å²) in [5, 5.41) is 11.3. The quantitative estimate of drug-likeness (QED) is 0.652. The van der Waals surface area contributed by atoms with Crippen LogP contribution in [0.2, 0.25) is 0 Å². The van der Waals surface area contributed by atoms with Crippen LogP contribution in [0.3, 0.4) is 0 Å². The van der Waals surface area contributed by atoms with E-state index >= 15 is 0 Å². The van der Waals surface area contributed by atoms with Gasteiger partial charge in [-0.15, -0.1) is 0 Å². The van der Waals surface area contributed by atoms with Gasteiger partial charge in [0.05, 0.1) is 12.3 Å². The summed E-state index contributed by atoms with van der Waals surface area (Å²) in [6, 6.07) is 4.05. The first-order valence-corrected chi connectivity index (χ1v) is 5.67. The lowest BCUT2D eigenvalue weighted by atomic mass is 10.2. The van der Waals surface area contributed by atoms with Gasteiger partial charge in [-0.05, 0) is 25.2 Å². The number of nitrogen functional groups attached to an aromatic ring is 1. The molecule has 1 rings (SSSR count). The summed E-state index contributed by atoms with van der Waals surface area (Å²) in [5.41, 5.74) is 5.88. The van der Waals surface area contributed by atoms with Gasteiger partial charge in [-0.25, -0.2) is 4.39 Å². The Morgan fingerprint density at radius 2 is 2.22 bits per heavy atom. The summed E-state index contributed by atoms with van der Waals surface area (Å²) < 4.78 is 12.9. The van der Waals surface area contributed by atoms with E-state index in [9.17, 15) is 9.18 Å². The molecule has 4 N–H and O–H groups in total. The van der Waals surface area contributed by atoms with E-state index in [4.69, 9.17) is 10.8 Å². The number of rotatable bonds is 6. The van der Waals surface area contributed by atoms with Crippen molar-refractivity contribution in [2.45, 2.75) is 6.42 Å². The number of benzene rings is 1. The third-order valence-electron chi connectivity index (χ3n) is 2.48. The van der Waals surface area contributed by atoms with Crippen LogP contribution in [0.5, 0.6) is 0 Å². The van der Waals surface area contributed by atoms with E-state index in [1.54, 1.807) is 0 Å². The average molecular weight is 255 g/mol. The first-order chi connectivity index (χ1) is 8.52. The minimum Gasteiger partial charge on any atom is -0.396 e. The van der Waals surface area contributed by atoms with Crippen molar-refractivity contribution in [2.24, 2.45) is 0 Å². The Bertz CT molecular complexity index is 412. The summed E-state index contributed by atoms with van der Waals surface area (Å²) in [6.07, 6.45) is 0.299. The summed E-state index contributed by atoms with van der Waals surface area (Å²) in [5.74, 6) is -0.679. The number of amides is 1. The van der Waals surface area contributed by atoms with Crippen LogP contribution in [0, 0.1) is 5.82 Å². The summed E-state index contributed by atoms with van der Waals surface area (Å²) in [6.45, 7) is 1.13. The number of hydrogen-bond donors (Lipinski definition) is 3. The molecule has 0 radical (unpaired) electrons. The SMILES string of the molecule is CN(CCO)CCC(=O)Nc1ccc(F)c(N)c1. The highest BCUT2D eigenvalue weighted by Gasteiger charge is 2.06. The normalized spacial score (nSPS) is 10.7. The molecular formula is C12H18FN3O2. The molecule has 0 spiro atoms. The topological polar surface area (TPSA) is 78.6 Å². The van der Waals surface area contributed by atoms with Gasteiger partial charge in [-0.3, -0.25) is 4.79 Å². The molecular weight excluding hydrogens is 237 g/mol. The fraction of sp³-hybridized carbons (Fsp3) is 0.417. The van der Waals surface area contributed by atoms with E-state index < -0.39 is 5.82 Å². The molecule has 0 aliphatic heterocycles. The molecule has 0 heterocycles. The average Bonchev–Trinajstić information content (AvgIpc) is 2.32. The Kier molecular flexibility index (Phi) is 5.54. The maximum Gasteiger partial charge on any atom is 0.225 e. The molecule has 0 aliphatic carbocycles. The van der Waals surface area contributed by atoms with Crippen LogP contribution in [0.4, 0.5) is 15.8 Å². The number of carbonyl (C=O) groups is 1. The zero-order valence-electron chi connectivity index (χ0n) is 10.3. The van der Waals surface area contributed by atoms with E-state index in [1.165, 1.54) is 18.2 Å². The summed E-state index contributed by atoms with van der Waals surface area (Å²) in [7, 11) is 1.82. The fourth-order valence-electron chi connectivity index (χ4n) is 1.42. The zero-order valence-corrected chi connectivity index (χ0v) is 10.3. The second-order valence-electron chi connectivity index (χ2n) is 4.06. The van der Waals surface area contributed by atoms with Crippen molar-refractivity contribution in [1.82, 2.24) is 4.90 Å². The van der Waals surface area contributed by atoms with Gasteiger partial charge >= 0.3 is 0 Å². The van der Waals surface area contributed by atoms with Crippen molar-refractivity contribution in [3.63, 3.8) is 0 Å². The predicted molar refractivity (Wildman–Crippen MR) is 68.6 cm³/mol. The van der Waals surface area contributed by atoms with Crippen LogP contribution < -0.4 is 11.1 Å². The van der Waals surface area contributed by atoms with E-state index in [2.05, 4.69) is 5.32 Å². The van der Waals surface area contributed by atoms with Gasteiger partial charge in [0, 0.05) is 25.2 Å². The molecule has 0 aliphatic rings. The smallest absolute Gasteiger partial charge is 0.225 e. The molecule has 100 valence electrons. The number of nitrogens with two attached hydrogens (primary N) is 1. The molecule has 0 saturated heterocycles. The van der Waals surface area contributed by atoms with Gasteiger partial charge in [0.1, 0.15) is 5.82 Å². The van der Waals surface area contributed by atoms with Crippen LogP contribution in [0.1, 0.15) is 6.42 Å². The largest absolute Gasteiger partial charge is 0.396 e. The standard InChI is InChI=1S/C12H18FN3O2/c1-16(6-7-17)5-4-12(18)15-9-2-3-10(13)11(14)8-9/h2-3,8,17H,4-7,14H2,1H3,(H,15,18). The molecule has 0 aromatic heterocycles. The number of anilines is 2. The van der Waals surface area contributed by atoms with E-state index in [0.29, 0.717) is 25.2 Å². The molecule has 0 unspecified atom stereocenters. The van der Waals surface area contributed by atoms with Gasteiger partial charge in [0.15, 0.2) is 0 Å². The molecule has 1 aromatic carbocycles. The van der Waals surface area contributed by atoms with Crippen LogP contribution in [-0.4, -0.2) is 42.7 Å². The van der Waals surface area contributed by atoms with Gasteiger partial charge in [0.2, 0.25) is 5.91 Å². The first kappa shape index (κ1) is 14.4. The Morgan fingerprint density at radius 1 is 1.50 bits per heavy atom. The second-order valence-corrected chi connectivity index (χ2v) is 4.06. The van der Waals surface area contributed by atoms with E-state index in [1.807, 2.05) is 11.9 Å². The molecule has 0 fully saturated rings. The van der Waals surface area contributed by atoms with Crippen LogP contribution in [0.25, 0.3) is 0 Å². The lowest BCUT2D eigenvalue weighted by Gasteiger charge is -2.14. The zero-order chi connectivity index (χ0) is 13.5. The van der Waals surface area contributed by atoms with Crippen molar-refractivity contribution in [1.29, 1.82) is 0 Å². The number of carbonyl (C=O) groups excluding carboxylic acids is 1. The predicted octanol–water partition coefficient (Wildman–Crippen LogP) is 0.661. The Hall–Kier alpha value is -1.66. The molecule has 0 saturated carbocycles. The fourth-order valence-corrected chi connectivity index (χ4v) is 1.42. The molecule has 6 heteroatoms. The van der Waals surface area contributed by atoms with Crippen LogP contribution >= 0.6 is 0 Å². The number of aliphatic hydroxyl groups is 1. The lowest BCUT2D eigenvalue weighted by molar-refractivity contribution is -0.116. The minimum atomic E-state index is -0.504. The highest BCUT2D eigenvalue weighted by Crippen LogP contribution is 2.16. The van der Waals surface area contributed by atoms with Gasteiger partial charge < -0.3 is 21.1 Å². The molecule has 18 heavy (non-hydrogen) atoms. The van der Waals surface area contributed by atoms with E-state index in [0.717, 1.165) is 0 Å². The molecule has 1 amide bonds. The highest BCUT2D eigenvalue weighted by atomic mass is 19.1. The number of likely N-dealkylation sites (N-methyl/N-ethyl adjacent to an activating group) is 1. The number of hydrogen-bond acceptors (Lipinski definition) is 4. The third kappa shape index (κ3) is 4.68.